The molecule has 22 heavy (non-hydrogen) atoms. The lowest BCUT2D eigenvalue weighted by Gasteiger charge is -2.24. The Hall–Kier alpha value is -2.29. The lowest BCUT2D eigenvalue weighted by molar-refractivity contribution is -0.133. The minimum atomic E-state index is 0.0271. The van der Waals surface area contributed by atoms with E-state index < -0.39 is 0 Å². The van der Waals surface area contributed by atoms with Gasteiger partial charge >= 0.3 is 0 Å². The maximum atomic E-state index is 12.3. The lowest BCUT2D eigenvalue weighted by Crippen LogP contribution is -2.40. The summed E-state index contributed by atoms with van der Waals surface area (Å²) in [6.07, 6.45) is 1.87. The van der Waals surface area contributed by atoms with E-state index >= 15 is 0 Å². The van der Waals surface area contributed by atoms with Gasteiger partial charge in [-0.2, -0.15) is 0 Å². The number of carbonyl (C=O) groups is 1. The number of amides is 1. The predicted molar refractivity (Wildman–Crippen MR) is 87.1 cm³/mol. The monoisotopic (exact) mass is 295 g/mol. The zero-order valence-corrected chi connectivity index (χ0v) is 13.1. The molecule has 2 aromatic carbocycles. The summed E-state index contributed by atoms with van der Waals surface area (Å²) in [5.74, 6) is 0.774. The summed E-state index contributed by atoms with van der Waals surface area (Å²) >= 11 is 0. The van der Waals surface area contributed by atoms with E-state index in [4.69, 9.17) is 4.74 Å². The van der Waals surface area contributed by atoms with Gasteiger partial charge in [0.25, 0.3) is 5.91 Å². The minimum absolute atomic E-state index is 0.0271. The van der Waals surface area contributed by atoms with Crippen molar-refractivity contribution in [1.82, 2.24) is 4.90 Å². The third kappa shape index (κ3) is 3.14. The highest BCUT2D eigenvalue weighted by molar-refractivity contribution is 5.78. The van der Waals surface area contributed by atoms with Crippen LogP contribution in [-0.4, -0.2) is 30.5 Å². The van der Waals surface area contributed by atoms with Gasteiger partial charge in [0.2, 0.25) is 0 Å². The molecule has 1 amide bonds. The van der Waals surface area contributed by atoms with Gasteiger partial charge in [-0.3, -0.25) is 4.79 Å². The highest BCUT2D eigenvalue weighted by Crippen LogP contribution is 2.24. The second kappa shape index (κ2) is 6.22. The first-order chi connectivity index (χ1) is 10.6. The van der Waals surface area contributed by atoms with Gasteiger partial charge in [0.05, 0.1) is 0 Å². The Labute approximate surface area is 131 Å². The van der Waals surface area contributed by atoms with Crippen molar-refractivity contribution in [2.24, 2.45) is 0 Å². The summed E-state index contributed by atoms with van der Waals surface area (Å²) in [6, 6.07) is 16.4. The molecule has 0 atom stereocenters. The van der Waals surface area contributed by atoms with Crippen LogP contribution < -0.4 is 4.74 Å². The normalized spacial score (nSPS) is 13.7. The standard InChI is InChI=1S/C19H21NO2/c1-14-6-5-9-18(10-14)22-13-19(21)20(2)17-11-15-7-3-4-8-16(15)12-17/h3-10,17H,11-13H2,1-2H3. The number of fused-ring (bicyclic) bond motifs is 1. The number of ether oxygens (including phenoxy) is 1. The molecule has 0 aliphatic heterocycles. The maximum Gasteiger partial charge on any atom is 0.260 e. The van der Waals surface area contributed by atoms with Crippen LogP contribution in [0.4, 0.5) is 0 Å². The molecular weight excluding hydrogens is 274 g/mol. The van der Waals surface area contributed by atoms with E-state index in [2.05, 4.69) is 24.3 Å². The van der Waals surface area contributed by atoms with Crippen molar-refractivity contribution in [3.05, 3.63) is 65.2 Å². The molecule has 1 aliphatic rings. The summed E-state index contributed by atoms with van der Waals surface area (Å²) in [4.78, 5) is 14.2. The molecule has 0 aromatic heterocycles. The molecule has 0 radical (unpaired) electrons. The van der Waals surface area contributed by atoms with Crippen LogP contribution in [0.2, 0.25) is 0 Å². The first kappa shape index (κ1) is 14.6. The number of nitrogens with zero attached hydrogens (tertiary/aromatic N) is 1. The van der Waals surface area contributed by atoms with Gasteiger partial charge in [0, 0.05) is 13.1 Å². The van der Waals surface area contributed by atoms with Crippen molar-refractivity contribution < 1.29 is 9.53 Å². The molecule has 2 aromatic rings. The summed E-state index contributed by atoms with van der Waals surface area (Å²) in [5, 5.41) is 0. The van der Waals surface area contributed by atoms with Crippen molar-refractivity contribution in [3.63, 3.8) is 0 Å². The maximum absolute atomic E-state index is 12.3. The number of hydrogen-bond donors (Lipinski definition) is 0. The molecule has 0 spiro atoms. The van der Waals surface area contributed by atoms with Gasteiger partial charge in [-0.1, -0.05) is 36.4 Å². The molecule has 1 aliphatic carbocycles. The van der Waals surface area contributed by atoms with Crippen molar-refractivity contribution >= 4 is 5.91 Å². The molecule has 0 saturated carbocycles. The van der Waals surface area contributed by atoms with E-state index in [1.165, 1.54) is 11.1 Å². The third-order valence-corrected chi connectivity index (χ3v) is 4.32. The molecule has 0 heterocycles. The first-order valence-corrected chi connectivity index (χ1v) is 7.65. The van der Waals surface area contributed by atoms with Crippen LogP contribution in [0.25, 0.3) is 0 Å². The molecular formula is C19H21NO2. The Balaban J connectivity index is 1.57. The summed E-state index contributed by atoms with van der Waals surface area (Å²) in [5.41, 5.74) is 3.84. The van der Waals surface area contributed by atoms with E-state index in [0.717, 1.165) is 24.2 Å². The van der Waals surface area contributed by atoms with Gasteiger partial charge in [-0.25, -0.2) is 0 Å². The minimum Gasteiger partial charge on any atom is -0.484 e. The number of rotatable bonds is 4. The zero-order valence-electron chi connectivity index (χ0n) is 13.1. The molecule has 114 valence electrons. The van der Waals surface area contributed by atoms with Crippen LogP contribution in [0, 0.1) is 6.92 Å². The van der Waals surface area contributed by atoms with Crippen LogP contribution in [-0.2, 0) is 17.6 Å². The molecule has 0 saturated heterocycles. The van der Waals surface area contributed by atoms with E-state index in [9.17, 15) is 4.79 Å². The van der Waals surface area contributed by atoms with Crippen molar-refractivity contribution in [3.8, 4) is 5.75 Å². The number of benzene rings is 2. The van der Waals surface area contributed by atoms with Crippen molar-refractivity contribution in [1.29, 1.82) is 0 Å². The van der Waals surface area contributed by atoms with E-state index in [1.807, 2.05) is 43.1 Å². The van der Waals surface area contributed by atoms with Crippen LogP contribution in [0.15, 0.2) is 48.5 Å². The smallest absolute Gasteiger partial charge is 0.260 e. The third-order valence-electron chi connectivity index (χ3n) is 4.32. The Morgan fingerprint density at radius 2 is 1.82 bits per heavy atom. The molecule has 0 fully saturated rings. The molecule has 0 N–H and O–H groups in total. The highest BCUT2D eigenvalue weighted by atomic mass is 16.5. The Bertz CT molecular complexity index is 656. The Morgan fingerprint density at radius 3 is 2.45 bits per heavy atom. The first-order valence-electron chi connectivity index (χ1n) is 7.65. The molecule has 0 unspecified atom stereocenters. The highest BCUT2D eigenvalue weighted by Gasteiger charge is 2.27. The largest absolute Gasteiger partial charge is 0.484 e. The fourth-order valence-electron chi connectivity index (χ4n) is 2.97. The fourth-order valence-corrected chi connectivity index (χ4v) is 2.97. The van der Waals surface area contributed by atoms with Crippen LogP contribution >= 0.6 is 0 Å². The van der Waals surface area contributed by atoms with Crippen molar-refractivity contribution in [2.45, 2.75) is 25.8 Å². The second-order valence-corrected chi connectivity index (χ2v) is 5.94. The van der Waals surface area contributed by atoms with Crippen LogP contribution in [0.3, 0.4) is 0 Å². The Morgan fingerprint density at radius 1 is 1.14 bits per heavy atom. The van der Waals surface area contributed by atoms with Crippen molar-refractivity contribution in [2.75, 3.05) is 13.7 Å². The Kier molecular flexibility index (Phi) is 4.14. The van der Waals surface area contributed by atoms with E-state index in [1.54, 1.807) is 0 Å². The quantitative estimate of drug-likeness (QED) is 0.868. The van der Waals surface area contributed by atoms with E-state index in [-0.39, 0.29) is 18.6 Å². The summed E-state index contributed by atoms with van der Waals surface area (Å²) < 4.78 is 5.62. The second-order valence-electron chi connectivity index (χ2n) is 5.94. The average molecular weight is 295 g/mol. The SMILES string of the molecule is Cc1cccc(OCC(=O)N(C)C2Cc3ccccc3C2)c1. The van der Waals surface area contributed by atoms with Gasteiger partial charge in [0.15, 0.2) is 6.61 Å². The lowest BCUT2D eigenvalue weighted by atomic mass is 10.1. The number of aryl methyl sites for hydroxylation is 1. The molecule has 3 rings (SSSR count). The zero-order chi connectivity index (χ0) is 15.5. The average Bonchev–Trinajstić information content (AvgIpc) is 2.96. The number of likely N-dealkylation sites (N-methyl/N-ethyl adjacent to an activating group) is 1. The molecule has 3 heteroatoms. The van der Waals surface area contributed by atoms with Gasteiger partial charge in [0.1, 0.15) is 5.75 Å². The molecule has 3 nitrogen and oxygen atoms in total. The van der Waals surface area contributed by atoms with E-state index in [0.29, 0.717) is 0 Å². The number of carbonyl (C=O) groups excluding carboxylic acids is 1. The molecule has 0 bridgehead atoms. The van der Waals surface area contributed by atoms with Gasteiger partial charge < -0.3 is 9.64 Å². The van der Waals surface area contributed by atoms with Gasteiger partial charge in [-0.05, 0) is 48.6 Å². The topological polar surface area (TPSA) is 29.5 Å². The predicted octanol–water partition coefficient (Wildman–Crippen LogP) is 3.00. The fraction of sp³-hybridized carbons (Fsp3) is 0.316. The summed E-state index contributed by atoms with van der Waals surface area (Å²) in [7, 11) is 1.87. The van der Waals surface area contributed by atoms with Crippen LogP contribution in [0.1, 0.15) is 16.7 Å². The number of hydrogen-bond acceptors (Lipinski definition) is 2. The van der Waals surface area contributed by atoms with Gasteiger partial charge in [-0.15, -0.1) is 0 Å². The summed E-state index contributed by atoms with van der Waals surface area (Å²) in [6.45, 7) is 2.10. The van der Waals surface area contributed by atoms with Crippen LogP contribution in [0.5, 0.6) is 5.75 Å².